The Hall–Kier alpha value is -1.88. The molecule has 0 aliphatic carbocycles. The van der Waals surface area contributed by atoms with E-state index in [4.69, 9.17) is 0 Å². The standard InChI is InChI=1S/C20H23N3O2Se/c1-21(2)8-9-23-19(24)15-5-3-4-14-17(22-10-12-26-13-11-22)7-6-16(18(14)15)20(23)25/h3-7H,8-13H2,1-2H3. The second-order valence-corrected chi connectivity index (χ2v) is 9.59. The number of carbonyl (C=O) groups is 2. The second kappa shape index (κ2) is 7.03. The molecule has 2 aliphatic rings. The van der Waals surface area contributed by atoms with Gasteiger partial charge in [0.1, 0.15) is 0 Å². The fraction of sp³-hybridized carbons (Fsp3) is 0.400. The first-order valence-corrected chi connectivity index (χ1v) is 11.4. The van der Waals surface area contributed by atoms with E-state index < -0.39 is 0 Å². The molecule has 0 radical (unpaired) electrons. The first-order chi connectivity index (χ1) is 12.6. The van der Waals surface area contributed by atoms with Crippen molar-refractivity contribution in [2.45, 2.75) is 10.6 Å². The monoisotopic (exact) mass is 417 g/mol. The van der Waals surface area contributed by atoms with Crippen molar-refractivity contribution < 1.29 is 9.59 Å². The molecule has 0 atom stereocenters. The van der Waals surface area contributed by atoms with Crippen LogP contribution in [0.5, 0.6) is 0 Å². The summed E-state index contributed by atoms with van der Waals surface area (Å²) in [4.78, 5) is 31.8. The minimum absolute atomic E-state index is 0.172. The van der Waals surface area contributed by atoms with Gasteiger partial charge in [-0.2, -0.15) is 0 Å². The van der Waals surface area contributed by atoms with E-state index >= 15 is 0 Å². The maximum absolute atomic E-state index is 13.0. The van der Waals surface area contributed by atoms with Crippen molar-refractivity contribution in [2.24, 2.45) is 0 Å². The van der Waals surface area contributed by atoms with Gasteiger partial charge in [-0.25, -0.2) is 0 Å². The average molecular weight is 416 g/mol. The van der Waals surface area contributed by atoms with Gasteiger partial charge in [0.05, 0.1) is 0 Å². The Morgan fingerprint density at radius 1 is 1.00 bits per heavy atom. The summed E-state index contributed by atoms with van der Waals surface area (Å²) in [6, 6.07) is 9.83. The number of hydrogen-bond acceptors (Lipinski definition) is 4. The van der Waals surface area contributed by atoms with E-state index in [-0.39, 0.29) is 11.8 Å². The van der Waals surface area contributed by atoms with Crippen LogP contribution in [-0.2, 0) is 0 Å². The predicted molar refractivity (Wildman–Crippen MR) is 105 cm³/mol. The number of amides is 2. The third-order valence-corrected chi connectivity index (χ3v) is 7.07. The third-order valence-electron chi connectivity index (χ3n) is 5.09. The van der Waals surface area contributed by atoms with E-state index in [2.05, 4.69) is 11.0 Å². The van der Waals surface area contributed by atoms with Crippen molar-refractivity contribution in [2.75, 3.05) is 45.2 Å². The van der Waals surface area contributed by atoms with E-state index in [1.807, 2.05) is 43.3 Å². The molecule has 136 valence electrons. The summed E-state index contributed by atoms with van der Waals surface area (Å²) in [6.45, 7) is 3.21. The van der Waals surface area contributed by atoms with Crippen LogP contribution in [0.1, 0.15) is 20.7 Å². The summed E-state index contributed by atoms with van der Waals surface area (Å²) in [5.74, 6) is -0.344. The molecule has 1 saturated heterocycles. The van der Waals surface area contributed by atoms with Crippen LogP contribution >= 0.6 is 0 Å². The molecule has 2 heterocycles. The topological polar surface area (TPSA) is 43.9 Å². The summed E-state index contributed by atoms with van der Waals surface area (Å²) < 4.78 is 0. The summed E-state index contributed by atoms with van der Waals surface area (Å²) >= 11 is 0.752. The molecular weight excluding hydrogens is 393 g/mol. The van der Waals surface area contributed by atoms with Gasteiger partial charge >= 0.3 is 146 Å². The molecule has 2 amide bonds. The number of carbonyl (C=O) groups excluding carboxylic acids is 2. The van der Waals surface area contributed by atoms with Gasteiger partial charge in [0.25, 0.3) is 0 Å². The van der Waals surface area contributed by atoms with Crippen LogP contribution in [-0.4, -0.2) is 76.8 Å². The fourth-order valence-corrected chi connectivity index (χ4v) is 5.61. The van der Waals surface area contributed by atoms with Crippen LogP contribution in [0.2, 0.25) is 10.6 Å². The summed E-state index contributed by atoms with van der Waals surface area (Å²) in [6.07, 6.45) is 0. The van der Waals surface area contributed by atoms with Gasteiger partial charge < -0.3 is 0 Å². The molecule has 2 aromatic carbocycles. The van der Waals surface area contributed by atoms with E-state index in [1.54, 1.807) is 0 Å². The maximum atomic E-state index is 13.0. The third kappa shape index (κ3) is 2.92. The molecule has 6 heteroatoms. The van der Waals surface area contributed by atoms with E-state index in [0.29, 0.717) is 24.2 Å². The van der Waals surface area contributed by atoms with Gasteiger partial charge in [0, 0.05) is 0 Å². The van der Waals surface area contributed by atoms with E-state index in [0.717, 1.165) is 44.5 Å². The normalized spacial score (nSPS) is 17.5. The SMILES string of the molecule is CN(C)CCN1C(=O)c2cccc3c(N4CC[Se]CC4)ccc(c23)C1=O. The van der Waals surface area contributed by atoms with Crippen LogP contribution in [0, 0.1) is 0 Å². The van der Waals surface area contributed by atoms with Gasteiger partial charge in [-0.05, 0) is 14.1 Å². The average Bonchev–Trinajstić information content (AvgIpc) is 2.66. The molecule has 0 saturated carbocycles. The van der Waals surface area contributed by atoms with E-state index in [9.17, 15) is 9.59 Å². The van der Waals surface area contributed by atoms with Gasteiger partial charge in [-0.3, -0.25) is 0 Å². The number of likely N-dealkylation sites (N-methyl/N-ethyl adjacent to an activating group) is 1. The number of rotatable bonds is 4. The molecule has 4 rings (SSSR count). The quantitative estimate of drug-likeness (QED) is 0.567. The zero-order chi connectivity index (χ0) is 18.3. The molecule has 0 unspecified atom stereocenters. The van der Waals surface area contributed by atoms with Crippen LogP contribution in [0.15, 0.2) is 30.3 Å². The van der Waals surface area contributed by atoms with Crippen molar-refractivity contribution in [1.82, 2.24) is 9.80 Å². The number of nitrogens with zero attached hydrogens (tertiary/aromatic N) is 3. The number of benzene rings is 2. The Morgan fingerprint density at radius 2 is 1.69 bits per heavy atom. The van der Waals surface area contributed by atoms with Crippen molar-refractivity contribution >= 4 is 43.2 Å². The molecular formula is C20H23N3O2Se. The van der Waals surface area contributed by atoms with Crippen LogP contribution < -0.4 is 4.90 Å². The van der Waals surface area contributed by atoms with Crippen LogP contribution in [0.25, 0.3) is 10.8 Å². The first kappa shape index (κ1) is 17.5. The molecule has 0 N–H and O–H groups in total. The molecule has 5 nitrogen and oxygen atoms in total. The Bertz CT molecular complexity index is 852. The molecule has 0 spiro atoms. The van der Waals surface area contributed by atoms with Crippen molar-refractivity contribution in [3.05, 3.63) is 41.5 Å². The Balaban J connectivity index is 1.81. The van der Waals surface area contributed by atoms with Crippen molar-refractivity contribution in [3.8, 4) is 0 Å². The van der Waals surface area contributed by atoms with Crippen molar-refractivity contribution in [1.29, 1.82) is 0 Å². The van der Waals surface area contributed by atoms with Crippen LogP contribution in [0.4, 0.5) is 5.69 Å². The van der Waals surface area contributed by atoms with Gasteiger partial charge in [0.2, 0.25) is 0 Å². The molecule has 0 bridgehead atoms. The predicted octanol–water partition coefficient (Wildman–Crippen LogP) is 2.36. The molecule has 26 heavy (non-hydrogen) atoms. The Kier molecular flexibility index (Phi) is 4.74. The molecule has 2 aromatic rings. The fourth-order valence-electron chi connectivity index (χ4n) is 3.71. The van der Waals surface area contributed by atoms with E-state index in [1.165, 1.54) is 15.5 Å². The minimum atomic E-state index is -0.172. The van der Waals surface area contributed by atoms with Gasteiger partial charge in [-0.1, -0.05) is 0 Å². The Morgan fingerprint density at radius 3 is 2.38 bits per heavy atom. The zero-order valence-corrected chi connectivity index (χ0v) is 16.9. The summed E-state index contributed by atoms with van der Waals surface area (Å²) in [7, 11) is 3.89. The van der Waals surface area contributed by atoms with Gasteiger partial charge in [0.15, 0.2) is 0 Å². The Labute approximate surface area is 160 Å². The second-order valence-electron chi connectivity index (χ2n) is 7.03. The molecule has 1 fully saturated rings. The number of anilines is 1. The van der Waals surface area contributed by atoms with Crippen LogP contribution in [0.3, 0.4) is 0 Å². The van der Waals surface area contributed by atoms with Crippen molar-refractivity contribution in [3.63, 3.8) is 0 Å². The number of hydrogen-bond donors (Lipinski definition) is 0. The molecule has 0 aromatic heterocycles. The summed E-state index contributed by atoms with van der Waals surface area (Å²) in [5.41, 5.74) is 2.46. The summed E-state index contributed by atoms with van der Waals surface area (Å²) in [5, 5.41) is 4.37. The van der Waals surface area contributed by atoms with Gasteiger partial charge in [-0.15, -0.1) is 0 Å². The first-order valence-electron chi connectivity index (χ1n) is 8.97. The number of imide groups is 1. The molecule has 2 aliphatic heterocycles. The zero-order valence-electron chi connectivity index (χ0n) is 15.2.